The van der Waals surface area contributed by atoms with E-state index in [1.54, 1.807) is 12.1 Å². The monoisotopic (exact) mass is 289 g/mol. The summed E-state index contributed by atoms with van der Waals surface area (Å²) in [6.45, 7) is 8.20. The maximum atomic E-state index is 12.1. The molecule has 1 unspecified atom stereocenters. The van der Waals surface area contributed by atoms with Gasteiger partial charge in [0.2, 0.25) is 0 Å². The molecule has 0 fully saturated rings. The Kier molecular flexibility index (Phi) is 6.33. The largest absolute Gasteiger partial charge is 0.573 e. The van der Waals surface area contributed by atoms with Crippen molar-refractivity contribution in [1.82, 2.24) is 5.32 Å². The van der Waals surface area contributed by atoms with E-state index in [-0.39, 0.29) is 5.75 Å². The number of ether oxygens (including phenoxy) is 1. The van der Waals surface area contributed by atoms with Gasteiger partial charge in [-0.05, 0) is 49.0 Å². The van der Waals surface area contributed by atoms with Crippen molar-refractivity contribution in [3.05, 3.63) is 29.8 Å². The lowest BCUT2D eigenvalue weighted by atomic mass is 9.89. The molecule has 0 radical (unpaired) electrons. The first kappa shape index (κ1) is 16.8. The van der Waals surface area contributed by atoms with Crippen LogP contribution in [0.3, 0.4) is 0 Å². The zero-order valence-corrected chi connectivity index (χ0v) is 12.1. The SMILES string of the molecule is CCNCC(Cc1ccc(OC(F)(F)F)cc1)C(C)C. The summed E-state index contributed by atoms with van der Waals surface area (Å²) in [4.78, 5) is 0. The normalized spacial score (nSPS) is 13.6. The van der Waals surface area contributed by atoms with Gasteiger partial charge in [-0.3, -0.25) is 0 Å². The standard InChI is InChI=1S/C15H22F3NO/c1-4-19-10-13(11(2)3)9-12-5-7-14(8-6-12)20-15(16,17)18/h5-8,11,13,19H,4,9-10H2,1-3H3. The number of alkyl halides is 3. The third kappa shape index (κ3) is 6.28. The fraction of sp³-hybridized carbons (Fsp3) is 0.600. The molecule has 20 heavy (non-hydrogen) atoms. The van der Waals surface area contributed by atoms with Gasteiger partial charge in [0.1, 0.15) is 5.75 Å². The lowest BCUT2D eigenvalue weighted by Gasteiger charge is -2.21. The molecule has 0 aromatic heterocycles. The topological polar surface area (TPSA) is 21.3 Å². The zero-order valence-electron chi connectivity index (χ0n) is 12.1. The van der Waals surface area contributed by atoms with Crippen molar-refractivity contribution in [3.63, 3.8) is 0 Å². The van der Waals surface area contributed by atoms with Crippen molar-refractivity contribution >= 4 is 0 Å². The van der Waals surface area contributed by atoms with E-state index in [1.165, 1.54) is 12.1 Å². The summed E-state index contributed by atoms with van der Waals surface area (Å²) in [6, 6.07) is 6.13. The highest BCUT2D eigenvalue weighted by Crippen LogP contribution is 2.24. The van der Waals surface area contributed by atoms with Crippen LogP contribution in [0.4, 0.5) is 13.2 Å². The number of hydrogen-bond donors (Lipinski definition) is 1. The number of rotatable bonds is 7. The first-order valence-corrected chi connectivity index (χ1v) is 6.87. The van der Waals surface area contributed by atoms with Gasteiger partial charge in [0.15, 0.2) is 0 Å². The van der Waals surface area contributed by atoms with E-state index in [0.29, 0.717) is 11.8 Å². The molecule has 0 saturated carbocycles. The number of nitrogens with one attached hydrogen (secondary N) is 1. The van der Waals surface area contributed by atoms with Crippen LogP contribution in [-0.2, 0) is 6.42 Å². The molecular weight excluding hydrogens is 267 g/mol. The van der Waals surface area contributed by atoms with Gasteiger partial charge in [0.05, 0.1) is 0 Å². The van der Waals surface area contributed by atoms with Gasteiger partial charge in [-0.15, -0.1) is 13.2 Å². The molecular formula is C15H22F3NO. The molecule has 114 valence electrons. The number of halogens is 3. The lowest BCUT2D eigenvalue weighted by Crippen LogP contribution is -2.27. The number of benzene rings is 1. The van der Waals surface area contributed by atoms with Gasteiger partial charge < -0.3 is 10.1 Å². The summed E-state index contributed by atoms with van der Waals surface area (Å²) in [7, 11) is 0. The maximum Gasteiger partial charge on any atom is 0.573 e. The summed E-state index contributed by atoms with van der Waals surface area (Å²) in [6.07, 6.45) is -3.79. The van der Waals surface area contributed by atoms with Gasteiger partial charge >= 0.3 is 6.36 Å². The fourth-order valence-electron chi connectivity index (χ4n) is 2.00. The summed E-state index contributed by atoms with van der Waals surface area (Å²) < 4.78 is 40.1. The Morgan fingerprint density at radius 1 is 1.15 bits per heavy atom. The van der Waals surface area contributed by atoms with E-state index in [1.807, 2.05) is 0 Å². The predicted octanol–water partition coefficient (Wildman–Crippen LogP) is 4.01. The third-order valence-corrected chi connectivity index (χ3v) is 3.25. The van der Waals surface area contributed by atoms with Crippen LogP contribution in [0.5, 0.6) is 5.75 Å². The van der Waals surface area contributed by atoms with E-state index in [0.717, 1.165) is 25.1 Å². The Balaban J connectivity index is 2.63. The molecule has 1 aromatic rings. The van der Waals surface area contributed by atoms with Crippen LogP contribution in [0.25, 0.3) is 0 Å². The Labute approximate surface area is 118 Å². The molecule has 0 bridgehead atoms. The van der Waals surface area contributed by atoms with E-state index in [2.05, 4.69) is 30.8 Å². The van der Waals surface area contributed by atoms with Crippen molar-refractivity contribution in [2.45, 2.75) is 33.6 Å². The van der Waals surface area contributed by atoms with E-state index < -0.39 is 6.36 Å². The van der Waals surface area contributed by atoms with E-state index in [4.69, 9.17) is 0 Å². The molecule has 2 nitrogen and oxygen atoms in total. The van der Waals surface area contributed by atoms with Gasteiger partial charge in [0, 0.05) is 0 Å². The van der Waals surface area contributed by atoms with Gasteiger partial charge in [-0.1, -0.05) is 32.9 Å². The molecule has 5 heteroatoms. The summed E-state index contributed by atoms with van der Waals surface area (Å²) >= 11 is 0. The Morgan fingerprint density at radius 3 is 2.20 bits per heavy atom. The average Bonchev–Trinajstić information content (AvgIpc) is 2.34. The Morgan fingerprint density at radius 2 is 1.75 bits per heavy atom. The van der Waals surface area contributed by atoms with E-state index >= 15 is 0 Å². The van der Waals surface area contributed by atoms with Gasteiger partial charge in [-0.2, -0.15) is 0 Å². The third-order valence-electron chi connectivity index (χ3n) is 3.25. The Hall–Kier alpha value is -1.23. The highest BCUT2D eigenvalue weighted by Gasteiger charge is 2.30. The summed E-state index contributed by atoms with van der Waals surface area (Å²) in [5.74, 6) is 0.804. The fourth-order valence-corrected chi connectivity index (χ4v) is 2.00. The molecule has 0 aliphatic carbocycles. The van der Waals surface area contributed by atoms with Crippen LogP contribution in [0.15, 0.2) is 24.3 Å². The van der Waals surface area contributed by atoms with Crippen molar-refractivity contribution < 1.29 is 17.9 Å². The predicted molar refractivity (Wildman–Crippen MR) is 73.7 cm³/mol. The molecule has 0 amide bonds. The van der Waals surface area contributed by atoms with Crippen LogP contribution in [0.1, 0.15) is 26.3 Å². The molecule has 1 N–H and O–H groups in total. The first-order valence-electron chi connectivity index (χ1n) is 6.87. The molecule has 0 saturated heterocycles. The van der Waals surface area contributed by atoms with Crippen molar-refractivity contribution in [3.8, 4) is 5.75 Å². The zero-order chi connectivity index (χ0) is 15.2. The summed E-state index contributed by atoms with van der Waals surface area (Å²) in [5.41, 5.74) is 1.02. The molecule has 0 spiro atoms. The van der Waals surface area contributed by atoms with Crippen LogP contribution in [-0.4, -0.2) is 19.5 Å². The average molecular weight is 289 g/mol. The second-order valence-electron chi connectivity index (χ2n) is 5.21. The Bertz CT molecular complexity index is 387. The van der Waals surface area contributed by atoms with Crippen molar-refractivity contribution in [1.29, 1.82) is 0 Å². The molecule has 0 heterocycles. The van der Waals surface area contributed by atoms with Gasteiger partial charge in [0.25, 0.3) is 0 Å². The number of hydrogen-bond acceptors (Lipinski definition) is 2. The molecule has 0 aliphatic heterocycles. The molecule has 1 aromatic carbocycles. The lowest BCUT2D eigenvalue weighted by molar-refractivity contribution is -0.274. The van der Waals surface area contributed by atoms with Crippen LogP contribution < -0.4 is 10.1 Å². The minimum atomic E-state index is -4.63. The molecule has 1 atom stereocenters. The first-order chi connectivity index (χ1) is 9.31. The van der Waals surface area contributed by atoms with Crippen LogP contribution in [0.2, 0.25) is 0 Å². The minimum absolute atomic E-state index is 0.172. The van der Waals surface area contributed by atoms with Gasteiger partial charge in [-0.25, -0.2) is 0 Å². The second kappa shape index (κ2) is 7.53. The second-order valence-corrected chi connectivity index (χ2v) is 5.21. The van der Waals surface area contributed by atoms with Crippen LogP contribution in [0, 0.1) is 11.8 Å². The quantitative estimate of drug-likeness (QED) is 0.819. The minimum Gasteiger partial charge on any atom is -0.406 e. The van der Waals surface area contributed by atoms with E-state index in [9.17, 15) is 13.2 Å². The summed E-state index contributed by atoms with van der Waals surface area (Å²) in [5, 5.41) is 3.32. The highest BCUT2D eigenvalue weighted by molar-refractivity contribution is 5.27. The smallest absolute Gasteiger partial charge is 0.406 e. The maximum absolute atomic E-state index is 12.1. The van der Waals surface area contributed by atoms with Crippen LogP contribution >= 0.6 is 0 Å². The van der Waals surface area contributed by atoms with Crippen molar-refractivity contribution in [2.24, 2.45) is 11.8 Å². The van der Waals surface area contributed by atoms with Crippen molar-refractivity contribution in [2.75, 3.05) is 13.1 Å². The molecule has 1 rings (SSSR count). The molecule has 0 aliphatic rings. The highest BCUT2D eigenvalue weighted by atomic mass is 19.4.